The molecular formula is C6H16N2O4S. The summed E-state index contributed by atoms with van der Waals surface area (Å²) in [6, 6.07) is 0. The van der Waals surface area contributed by atoms with Crippen molar-refractivity contribution in [2.24, 2.45) is 0 Å². The summed E-state index contributed by atoms with van der Waals surface area (Å²) >= 11 is 0. The van der Waals surface area contributed by atoms with Gasteiger partial charge in [0.2, 0.25) is 0 Å². The summed E-state index contributed by atoms with van der Waals surface area (Å²) < 4.78 is 30.0. The van der Waals surface area contributed by atoms with Gasteiger partial charge in [0.05, 0.1) is 12.7 Å². The van der Waals surface area contributed by atoms with Crippen molar-refractivity contribution in [3.05, 3.63) is 0 Å². The van der Waals surface area contributed by atoms with Crippen molar-refractivity contribution in [2.45, 2.75) is 6.10 Å². The van der Waals surface area contributed by atoms with E-state index in [2.05, 4.69) is 9.46 Å². The summed E-state index contributed by atoms with van der Waals surface area (Å²) in [6.07, 6.45) is -0.807. The molecule has 0 radical (unpaired) electrons. The maximum absolute atomic E-state index is 11.1. The SMILES string of the molecule is CNS(=O)(=O)N(C)CC(O)COC. The quantitative estimate of drug-likeness (QED) is 0.555. The number of hydrogen-bond donors (Lipinski definition) is 2. The Hall–Kier alpha value is -0.210. The van der Waals surface area contributed by atoms with E-state index >= 15 is 0 Å². The minimum atomic E-state index is -3.44. The first-order chi connectivity index (χ1) is 5.94. The number of methoxy groups -OCH3 is 1. The summed E-state index contributed by atoms with van der Waals surface area (Å²) in [7, 11) is 0.690. The number of ether oxygens (including phenoxy) is 1. The zero-order chi connectivity index (χ0) is 10.5. The maximum Gasteiger partial charge on any atom is 0.279 e. The van der Waals surface area contributed by atoms with Crippen molar-refractivity contribution in [2.75, 3.05) is 34.4 Å². The Morgan fingerprint density at radius 2 is 2.15 bits per heavy atom. The lowest BCUT2D eigenvalue weighted by atomic mass is 10.4. The van der Waals surface area contributed by atoms with Gasteiger partial charge < -0.3 is 9.84 Å². The highest BCUT2D eigenvalue weighted by Gasteiger charge is 2.18. The number of aliphatic hydroxyl groups excluding tert-OH is 1. The van der Waals surface area contributed by atoms with Gasteiger partial charge in [-0.05, 0) is 0 Å². The van der Waals surface area contributed by atoms with Crippen LogP contribution in [0.15, 0.2) is 0 Å². The van der Waals surface area contributed by atoms with Crippen LogP contribution in [0.5, 0.6) is 0 Å². The van der Waals surface area contributed by atoms with Crippen molar-refractivity contribution in [1.82, 2.24) is 9.03 Å². The molecule has 80 valence electrons. The van der Waals surface area contributed by atoms with Crippen LogP contribution < -0.4 is 4.72 Å². The van der Waals surface area contributed by atoms with Gasteiger partial charge in [-0.1, -0.05) is 0 Å². The lowest BCUT2D eigenvalue weighted by Gasteiger charge is -2.19. The molecule has 0 aliphatic rings. The monoisotopic (exact) mass is 212 g/mol. The highest BCUT2D eigenvalue weighted by Crippen LogP contribution is 1.95. The van der Waals surface area contributed by atoms with Crippen LogP contribution in [0.3, 0.4) is 0 Å². The van der Waals surface area contributed by atoms with E-state index in [-0.39, 0.29) is 13.2 Å². The summed E-state index contributed by atoms with van der Waals surface area (Å²) in [5.41, 5.74) is 0. The third kappa shape index (κ3) is 4.53. The minimum Gasteiger partial charge on any atom is -0.389 e. The lowest BCUT2D eigenvalue weighted by molar-refractivity contribution is 0.0553. The van der Waals surface area contributed by atoms with Crippen LogP contribution in [0.4, 0.5) is 0 Å². The molecule has 6 nitrogen and oxygen atoms in total. The van der Waals surface area contributed by atoms with Crippen LogP contribution in [-0.2, 0) is 14.9 Å². The molecule has 0 rings (SSSR count). The average molecular weight is 212 g/mol. The lowest BCUT2D eigenvalue weighted by Crippen LogP contribution is -2.41. The standard InChI is InChI=1S/C6H16N2O4S/c1-7-13(10,11)8(2)4-6(9)5-12-3/h6-7,9H,4-5H2,1-3H3. The van der Waals surface area contributed by atoms with E-state index in [4.69, 9.17) is 0 Å². The molecule has 0 aliphatic carbocycles. The molecule has 0 aromatic rings. The Labute approximate surface area is 78.7 Å². The van der Waals surface area contributed by atoms with Crippen molar-refractivity contribution in [3.63, 3.8) is 0 Å². The second kappa shape index (κ2) is 5.51. The zero-order valence-corrected chi connectivity index (χ0v) is 8.84. The van der Waals surface area contributed by atoms with Crippen LogP contribution in [-0.4, -0.2) is 58.3 Å². The van der Waals surface area contributed by atoms with Gasteiger partial charge in [-0.15, -0.1) is 0 Å². The van der Waals surface area contributed by atoms with Crippen LogP contribution >= 0.6 is 0 Å². The molecule has 0 saturated carbocycles. The van der Waals surface area contributed by atoms with Crippen LogP contribution in [0.25, 0.3) is 0 Å². The molecule has 0 aliphatic heterocycles. The zero-order valence-electron chi connectivity index (χ0n) is 8.02. The molecule has 0 bridgehead atoms. The van der Waals surface area contributed by atoms with Gasteiger partial charge in [0.1, 0.15) is 0 Å². The van der Waals surface area contributed by atoms with Gasteiger partial charge in [-0.25, -0.2) is 4.72 Å². The fourth-order valence-corrected chi connectivity index (χ4v) is 1.48. The van der Waals surface area contributed by atoms with Gasteiger partial charge in [-0.3, -0.25) is 0 Å². The Morgan fingerprint density at radius 1 is 1.62 bits per heavy atom. The highest BCUT2D eigenvalue weighted by atomic mass is 32.2. The van der Waals surface area contributed by atoms with Gasteiger partial charge in [0.25, 0.3) is 10.2 Å². The molecule has 0 fully saturated rings. The van der Waals surface area contributed by atoms with Crippen LogP contribution in [0, 0.1) is 0 Å². The molecule has 0 heterocycles. The number of nitrogens with zero attached hydrogens (tertiary/aromatic N) is 1. The first-order valence-corrected chi connectivity index (χ1v) is 5.20. The largest absolute Gasteiger partial charge is 0.389 e. The molecule has 0 amide bonds. The number of likely N-dealkylation sites (N-methyl/N-ethyl adjacent to an activating group) is 1. The summed E-state index contributed by atoms with van der Waals surface area (Å²) in [4.78, 5) is 0. The normalized spacial score (nSPS) is 14.8. The molecule has 1 atom stereocenters. The number of aliphatic hydroxyl groups is 1. The molecule has 13 heavy (non-hydrogen) atoms. The fourth-order valence-electron chi connectivity index (χ4n) is 0.796. The topological polar surface area (TPSA) is 78.9 Å². The molecular weight excluding hydrogens is 196 g/mol. The van der Waals surface area contributed by atoms with Crippen molar-refractivity contribution >= 4 is 10.2 Å². The molecule has 0 aromatic carbocycles. The van der Waals surface area contributed by atoms with E-state index in [1.807, 2.05) is 0 Å². The first kappa shape index (κ1) is 12.8. The van der Waals surface area contributed by atoms with E-state index in [0.717, 1.165) is 4.31 Å². The van der Waals surface area contributed by atoms with E-state index < -0.39 is 16.3 Å². The van der Waals surface area contributed by atoms with Crippen molar-refractivity contribution < 1.29 is 18.3 Å². The summed E-state index contributed by atoms with van der Waals surface area (Å²) in [6.45, 7) is 0.126. The molecule has 0 aromatic heterocycles. The molecule has 1 unspecified atom stereocenters. The Kier molecular flexibility index (Phi) is 5.42. The van der Waals surface area contributed by atoms with Gasteiger partial charge in [-0.2, -0.15) is 12.7 Å². The second-order valence-electron chi connectivity index (χ2n) is 2.60. The van der Waals surface area contributed by atoms with E-state index in [1.165, 1.54) is 21.2 Å². The van der Waals surface area contributed by atoms with Gasteiger partial charge in [0, 0.05) is 27.7 Å². The molecule has 7 heteroatoms. The van der Waals surface area contributed by atoms with Crippen molar-refractivity contribution in [1.29, 1.82) is 0 Å². The van der Waals surface area contributed by atoms with Gasteiger partial charge >= 0.3 is 0 Å². The Balaban J connectivity index is 4.07. The molecule has 2 N–H and O–H groups in total. The maximum atomic E-state index is 11.1. The van der Waals surface area contributed by atoms with Crippen LogP contribution in [0.1, 0.15) is 0 Å². The average Bonchev–Trinajstić information content (AvgIpc) is 2.04. The summed E-state index contributed by atoms with van der Waals surface area (Å²) in [5.74, 6) is 0. The van der Waals surface area contributed by atoms with E-state index in [0.29, 0.717) is 0 Å². The van der Waals surface area contributed by atoms with Crippen LogP contribution in [0.2, 0.25) is 0 Å². The predicted molar refractivity (Wildman–Crippen MR) is 48.5 cm³/mol. The molecule has 0 spiro atoms. The third-order valence-electron chi connectivity index (χ3n) is 1.50. The smallest absolute Gasteiger partial charge is 0.279 e. The Bertz CT molecular complexity index is 229. The highest BCUT2D eigenvalue weighted by molar-refractivity contribution is 7.87. The minimum absolute atomic E-state index is 0.0109. The van der Waals surface area contributed by atoms with E-state index in [9.17, 15) is 13.5 Å². The summed E-state index contributed by atoms with van der Waals surface area (Å²) in [5, 5.41) is 9.22. The number of nitrogens with one attached hydrogen (secondary N) is 1. The fraction of sp³-hybridized carbons (Fsp3) is 1.00. The third-order valence-corrected chi connectivity index (χ3v) is 2.98. The Morgan fingerprint density at radius 3 is 2.54 bits per heavy atom. The van der Waals surface area contributed by atoms with E-state index in [1.54, 1.807) is 0 Å². The number of rotatable bonds is 6. The first-order valence-electron chi connectivity index (χ1n) is 3.76. The predicted octanol–water partition coefficient (Wildman–Crippen LogP) is -1.61. The molecule has 0 saturated heterocycles. The van der Waals surface area contributed by atoms with Crippen molar-refractivity contribution in [3.8, 4) is 0 Å². The van der Waals surface area contributed by atoms with Gasteiger partial charge in [0.15, 0.2) is 0 Å². The number of hydrogen-bond acceptors (Lipinski definition) is 4. The second-order valence-corrected chi connectivity index (χ2v) is 4.58.